The molecule has 0 saturated carbocycles. The molecule has 4 rings (SSSR count). The lowest BCUT2D eigenvalue weighted by Crippen LogP contribution is -2.38. The maximum atomic E-state index is 5.60. The van der Waals surface area contributed by atoms with Gasteiger partial charge in [-0.05, 0) is 42.2 Å². The first kappa shape index (κ1) is 20.5. The van der Waals surface area contributed by atoms with Crippen molar-refractivity contribution in [3.8, 4) is 5.75 Å². The second-order valence-corrected chi connectivity index (χ2v) is 7.64. The number of rotatable bonds is 7. The molecule has 0 amide bonds. The van der Waals surface area contributed by atoms with Crippen LogP contribution in [0.4, 0.5) is 5.69 Å². The highest BCUT2D eigenvalue weighted by Gasteiger charge is 2.14. The number of anilines is 1. The highest BCUT2D eigenvalue weighted by molar-refractivity contribution is 5.79. The second-order valence-electron chi connectivity index (χ2n) is 7.64. The predicted octanol–water partition coefficient (Wildman–Crippen LogP) is 2.76. The van der Waals surface area contributed by atoms with Crippen LogP contribution in [0.25, 0.3) is 0 Å². The van der Waals surface area contributed by atoms with Gasteiger partial charge in [0.2, 0.25) is 0 Å². The molecule has 2 aliphatic heterocycles. The van der Waals surface area contributed by atoms with Crippen molar-refractivity contribution in [2.45, 2.75) is 26.3 Å². The van der Waals surface area contributed by atoms with E-state index >= 15 is 0 Å². The van der Waals surface area contributed by atoms with Crippen LogP contribution in [-0.2, 0) is 24.1 Å². The Morgan fingerprint density at radius 3 is 2.80 bits per heavy atom. The van der Waals surface area contributed by atoms with Crippen molar-refractivity contribution in [3.05, 3.63) is 59.2 Å². The molecule has 0 unspecified atom stereocenters. The highest BCUT2D eigenvalue weighted by Crippen LogP contribution is 2.26. The summed E-state index contributed by atoms with van der Waals surface area (Å²) < 4.78 is 11.1. The van der Waals surface area contributed by atoms with Gasteiger partial charge in [-0.3, -0.25) is 0 Å². The molecule has 2 N–H and O–H groups in total. The SMILES string of the molecule is CCNC(=NCc1ccccc1N1CCOCC1)NCCc1ccc2c(c1)CCO2. The van der Waals surface area contributed by atoms with Crippen molar-refractivity contribution in [3.63, 3.8) is 0 Å². The molecular formula is C24H32N4O2. The summed E-state index contributed by atoms with van der Waals surface area (Å²) in [5.74, 6) is 1.90. The van der Waals surface area contributed by atoms with Gasteiger partial charge in [0.05, 0.1) is 26.4 Å². The number of morpholine rings is 1. The summed E-state index contributed by atoms with van der Waals surface area (Å²) in [4.78, 5) is 7.24. The Bertz CT molecular complexity index is 862. The maximum absolute atomic E-state index is 5.60. The molecule has 2 heterocycles. The van der Waals surface area contributed by atoms with Gasteiger partial charge in [0.25, 0.3) is 0 Å². The van der Waals surface area contributed by atoms with Crippen LogP contribution in [0.5, 0.6) is 5.75 Å². The lowest BCUT2D eigenvalue weighted by molar-refractivity contribution is 0.122. The standard InChI is InChI=1S/C24H32N4O2/c1-2-25-24(26-11-9-19-7-8-23-20(17-19)10-14-30-23)27-18-21-5-3-4-6-22(21)28-12-15-29-16-13-28/h3-8,17H,2,9-16,18H2,1H3,(H2,25,26,27). The van der Waals surface area contributed by atoms with E-state index in [4.69, 9.17) is 14.5 Å². The largest absolute Gasteiger partial charge is 0.493 e. The van der Waals surface area contributed by atoms with Crippen molar-refractivity contribution in [2.75, 3.05) is 50.9 Å². The van der Waals surface area contributed by atoms with E-state index < -0.39 is 0 Å². The molecule has 0 atom stereocenters. The zero-order valence-electron chi connectivity index (χ0n) is 17.8. The van der Waals surface area contributed by atoms with E-state index in [0.29, 0.717) is 6.54 Å². The van der Waals surface area contributed by atoms with Crippen molar-refractivity contribution in [2.24, 2.45) is 4.99 Å². The summed E-state index contributed by atoms with van der Waals surface area (Å²) in [6.45, 7) is 8.69. The van der Waals surface area contributed by atoms with Crippen LogP contribution in [0, 0.1) is 0 Å². The van der Waals surface area contributed by atoms with Crippen LogP contribution in [0.2, 0.25) is 0 Å². The Labute approximate surface area is 179 Å². The fourth-order valence-electron chi connectivity index (χ4n) is 3.98. The molecule has 6 nitrogen and oxygen atoms in total. The summed E-state index contributed by atoms with van der Waals surface area (Å²) in [5.41, 5.74) is 5.17. The van der Waals surface area contributed by atoms with Gasteiger partial charge in [-0.25, -0.2) is 4.99 Å². The van der Waals surface area contributed by atoms with Gasteiger partial charge in [-0.15, -0.1) is 0 Å². The molecule has 6 heteroatoms. The van der Waals surface area contributed by atoms with Gasteiger partial charge < -0.3 is 25.0 Å². The molecule has 1 saturated heterocycles. The summed E-state index contributed by atoms with van der Waals surface area (Å²) >= 11 is 0. The van der Waals surface area contributed by atoms with Crippen LogP contribution >= 0.6 is 0 Å². The minimum Gasteiger partial charge on any atom is -0.493 e. The van der Waals surface area contributed by atoms with E-state index in [-0.39, 0.29) is 0 Å². The number of hydrogen-bond acceptors (Lipinski definition) is 4. The maximum Gasteiger partial charge on any atom is 0.191 e. The third kappa shape index (κ3) is 5.25. The average molecular weight is 409 g/mol. The molecule has 30 heavy (non-hydrogen) atoms. The lowest BCUT2D eigenvalue weighted by atomic mass is 10.1. The molecule has 1 fully saturated rings. The second kappa shape index (κ2) is 10.3. The number of hydrogen-bond donors (Lipinski definition) is 2. The Hall–Kier alpha value is -2.73. The highest BCUT2D eigenvalue weighted by atomic mass is 16.5. The molecule has 0 spiro atoms. The number of aliphatic imine (C=N–C) groups is 1. The monoisotopic (exact) mass is 408 g/mol. The van der Waals surface area contributed by atoms with E-state index in [9.17, 15) is 0 Å². The van der Waals surface area contributed by atoms with E-state index in [1.54, 1.807) is 0 Å². The number of para-hydroxylation sites is 1. The molecule has 2 aliphatic rings. The quantitative estimate of drug-likeness (QED) is 0.545. The normalized spacial score (nSPS) is 16.2. The Morgan fingerprint density at radius 1 is 1.07 bits per heavy atom. The number of guanidine groups is 1. The minimum atomic E-state index is 0.652. The third-order valence-electron chi connectivity index (χ3n) is 5.56. The number of benzene rings is 2. The average Bonchev–Trinajstić information content (AvgIpc) is 3.26. The van der Waals surface area contributed by atoms with Gasteiger partial charge in [-0.2, -0.15) is 0 Å². The van der Waals surface area contributed by atoms with E-state index in [0.717, 1.165) is 70.6 Å². The third-order valence-corrected chi connectivity index (χ3v) is 5.56. The first-order chi connectivity index (χ1) is 14.8. The number of nitrogens with zero attached hydrogens (tertiary/aromatic N) is 2. The Morgan fingerprint density at radius 2 is 1.93 bits per heavy atom. The van der Waals surface area contributed by atoms with Crippen LogP contribution in [-0.4, -0.2) is 52.0 Å². The fourth-order valence-corrected chi connectivity index (χ4v) is 3.98. The van der Waals surface area contributed by atoms with E-state index in [2.05, 4.69) is 64.9 Å². The molecule has 0 aliphatic carbocycles. The first-order valence-corrected chi connectivity index (χ1v) is 11.0. The van der Waals surface area contributed by atoms with Crippen LogP contribution in [0.3, 0.4) is 0 Å². The van der Waals surface area contributed by atoms with Gasteiger partial charge in [0.1, 0.15) is 5.75 Å². The van der Waals surface area contributed by atoms with Gasteiger partial charge in [0.15, 0.2) is 5.96 Å². The summed E-state index contributed by atoms with van der Waals surface area (Å²) in [6, 6.07) is 15.1. The Balaban J connectivity index is 1.36. The zero-order valence-corrected chi connectivity index (χ0v) is 17.8. The van der Waals surface area contributed by atoms with Crippen LogP contribution in [0.15, 0.2) is 47.5 Å². The van der Waals surface area contributed by atoms with Gasteiger partial charge in [0, 0.05) is 38.3 Å². The summed E-state index contributed by atoms with van der Waals surface area (Å²) in [6.07, 6.45) is 1.98. The predicted molar refractivity (Wildman–Crippen MR) is 122 cm³/mol. The van der Waals surface area contributed by atoms with E-state index in [1.165, 1.54) is 22.4 Å². The summed E-state index contributed by atoms with van der Waals surface area (Å²) in [5, 5.41) is 6.85. The molecule has 0 radical (unpaired) electrons. The van der Waals surface area contributed by atoms with E-state index in [1.807, 2.05) is 0 Å². The molecule has 2 aromatic rings. The smallest absolute Gasteiger partial charge is 0.191 e. The van der Waals surface area contributed by atoms with Crippen LogP contribution in [0.1, 0.15) is 23.6 Å². The lowest BCUT2D eigenvalue weighted by Gasteiger charge is -2.30. The zero-order chi connectivity index (χ0) is 20.6. The van der Waals surface area contributed by atoms with Gasteiger partial charge in [-0.1, -0.05) is 30.3 Å². The van der Waals surface area contributed by atoms with Crippen molar-refractivity contribution < 1.29 is 9.47 Å². The van der Waals surface area contributed by atoms with Gasteiger partial charge >= 0.3 is 0 Å². The van der Waals surface area contributed by atoms with Crippen molar-refractivity contribution in [1.82, 2.24) is 10.6 Å². The number of nitrogens with one attached hydrogen (secondary N) is 2. The summed E-state index contributed by atoms with van der Waals surface area (Å²) in [7, 11) is 0. The van der Waals surface area contributed by atoms with Crippen LogP contribution < -0.4 is 20.3 Å². The molecule has 2 aromatic carbocycles. The number of fused-ring (bicyclic) bond motifs is 1. The minimum absolute atomic E-state index is 0.652. The van der Waals surface area contributed by atoms with Crippen molar-refractivity contribution in [1.29, 1.82) is 0 Å². The van der Waals surface area contributed by atoms with Crippen molar-refractivity contribution >= 4 is 11.6 Å². The number of ether oxygens (including phenoxy) is 2. The fraction of sp³-hybridized carbons (Fsp3) is 0.458. The molecule has 160 valence electrons. The molecule has 0 aromatic heterocycles. The molecular weight excluding hydrogens is 376 g/mol. The Kier molecular flexibility index (Phi) is 7.08. The molecule has 0 bridgehead atoms. The topological polar surface area (TPSA) is 58.1 Å². The first-order valence-electron chi connectivity index (χ1n) is 11.0.